The van der Waals surface area contributed by atoms with Gasteiger partial charge in [-0.2, -0.15) is 5.10 Å². The fourth-order valence-corrected chi connectivity index (χ4v) is 3.40. The fourth-order valence-electron chi connectivity index (χ4n) is 2.82. The van der Waals surface area contributed by atoms with E-state index < -0.39 is 0 Å². The molecule has 0 saturated carbocycles. The number of amides is 1. The van der Waals surface area contributed by atoms with E-state index in [2.05, 4.69) is 23.2 Å². The normalized spacial score (nSPS) is 16.3. The Morgan fingerprint density at radius 3 is 2.81 bits per heavy atom. The average Bonchev–Trinajstić information content (AvgIpc) is 3.18. The zero-order valence-corrected chi connectivity index (χ0v) is 13.1. The lowest BCUT2D eigenvalue weighted by Gasteiger charge is -2.31. The van der Waals surface area contributed by atoms with Gasteiger partial charge in [0.1, 0.15) is 0 Å². The van der Waals surface area contributed by atoms with Crippen LogP contribution in [-0.4, -0.2) is 38.7 Å². The van der Waals surface area contributed by atoms with Crippen molar-refractivity contribution in [3.63, 3.8) is 0 Å². The molecule has 112 valence electrons. The van der Waals surface area contributed by atoms with Crippen LogP contribution in [0.1, 0.15) is 36.1 Å². The zero-order valence-electron chi connectivity index (χ0n) is 12.2. The molecule has 6 heteroatoms. The minimum atomic E-state index is 0.224. The molecule has 1 aliphatic heterocycles. The molecule has 0 unspecified atom stereocenters. The lowest BCUT2D eigenvalue weighted by Crippen LogP contribution is -2.38. The van der Waals surface area contributed by atoms with Gasteiger partial charge in [0.05, 0.1) is 18.1 Å². The number of piperidine rings is 1. The number of likely N-dealkylation sites (tertiary alicyclic amines) is 1. The molecule has 2 aromatic heterocycles. The summed E-state index contributed by atoms with van der Waals surface area (Å²) in [7, 11) is 0. The van der Waals surface area contributed by atoms with Crippen LogP contribution < -0.4 is 0 Å². The van der Waals surface area contributed by atoms with Crippen LogP contribution in [0.15, 0.2) is 24.1 Å². The van der Waals surface area contributed by atoms with Crippen LogP contribution in [0.25, 0.3) is 0 Å². The number of nitrogens with zero attached hydrogens (tertiary/aromatic N) is 4. The highest BCUT2D eigenvalue weighted by Crippen LogP contribution is 2.28. The number of thiazole rings is 1. The summed E-state index contributed by atoms with van der Waals surface area (Å²) in [5, 5.41) is 4.34. The molecule has 5 nitrogen and oxygen atoms in total. The van der Waals surface area contributed by atoms with Gasteiger partial charge in [0.25, 0.3) is 0 Å². The predicted molar refractivity (Wildman–Crippen MR) is 82.3 cm³/mol. The molecule has 1 fully saturated rings. The van der Waals surface area contributed by atoms with Gasteiger partial charge in [-0.05, 0) is 31.2 Å². The summed E-state index contributed by atoms with van der Waals surface area (Å²) in [6.45, 7) is 4.70. The number of hydrogen-bond acceptors (Lipinski definition) is 4. The summed E-state index contributed by atoms with van der Waals surface area (Å²) in [5.74, 6) is 0.764. The first-order valence-corrected chi connectivity index (χ1v) is 8.31. The minimum absolute atomic E-state index is 0.224. The fraction of sp³-hybridized carbons (Fsp3) is 0.533. The number of aromatic nitrogens is 3. The molecule has 0 bridgehead atoms. The second kappa shape index (κ2) is 6.39. The van der Waals surface area contributed by atoms with Crippen molar-refractivity contribution < 1.29 is 4.79 Å². The Labute approximate surface area is 128 Å². The quantitative estimate of drug-likeness (QED) is 0.871. The summed E-state index contributed by atoms with van der Waals surface area (Å²) in [6.07, 6.45) is 8.45. The summed E-state index contributed by atoms with van der Waals surface area (Å²) in [5.41, 5.74) is 3.09. The largest absolute Gasteiger partial charge is 0.342 e. The van der Waals surface area contributed by atoms with Gasteiger partial charge in [-0.3, -0.25) is 14.5 Å². The maximum atomic E-state index is 12.2. The predicted octanol–water partition coefficient (Wildman–Crippen LogP) is 2.31. The highest BCUT2D eigenvalue weighted by atomic mass is 32.1. The summed E-state index contributed by atoms with van der Waals surface area (Å²) in [6, 6.07) is 0. The summed E-state index contributed by atoms with van der Waals surface area (Å²) >= 11 is 1.55. The molecule has 0 spiro atoms. The van der Waals surface area contributed by atoms with Crippen molar-refractivity contribution >= 4 is 17.2 Å². The van der Waals surface area contributed by atoms with Gasteiger partial charge in [-0.25, -0.2) is 0 Å². The Morgan fingerprint density at radius 2 is 2.19 bits per heavy atom. The third kappa shape index (κ3) is 3.32. The van der Waals surface area contributed by atoms with Gasteiger partial charge in [0.15, 0.2) is 0 Å². The topological polar surface area (TPSA) is 51.0 Å². The summed E-state index contributed by atoms with van der Waals surface area (Å²) in [4.78, 5) is 19.3. The number of carbonyl (C=O) groups is 1. The third-order valence-electron chi connectivity index (χ3n) is 4.11. The molecule has 3 heterocycles. The molecule has 0 radical (unpaired) electrons. The SMILES string of the molecule is CCn1cc(C2CCN(C(=O)Cc3cncs3)CC2)cn1. The minimum Gasteiger partial charge on any atom is -0.342 e. The van der Waals surface area contributed by atoms with E-state index in [1.807, 2.05) is 15.8 Å². The van der Waals surface area contributed by atoms with Crippen molar-refractivity contribution in [1.29, 1.82) is 0 Å². The zero-order chi connectivity index (χ0) is 14.7. The number of carbonyl (C=O) groups excluding carboxylic acids is 1. The van der Waals surface area contributed by atoms with Crippen LogP contribution in [0.5, 0.6) is 0 Å². The Balaban J connectivity index is 1.53. The molecule has 1 saturated heterocycles. The van der Waals surface area contributed by atoms with E-state index in [1.54, 1.807) is 23.0 Å². The standard InChI is InChI=1S/C15H20N4OS/c1-2-19-10-13(8-17-19)12-3-5-18(6-4-12)15(20)7-14-9-16-11-21-14/h8-12H,2-7H2,1H3. The molecule has 1 amide bonds. The van der Waals surface area contributed by atoms with Crippen molar-refractivity contribution in [3.8, 4) is 0 Å². The first-order chi connectivity index (χ1) is 10.3. The van der Waals surface area contributed by atoms with Crippen molar-refractivity contribution in [1.82, 2.24) is 19.7 Å². The second-order valence-electron chi connectivity index (χ2n) is 5.43. The third-order valence-corrected chi connectivity index (χ3v) is 4.88. The lowest BCUT2D eigenvalue weighted by atomic mass is 9.91. The van der Waals surface area contributed by atoms with Crippen LogP contribution in [0.4, 0.5) is 0 Å². The van der Waals surface area contributed by atoms with E-state index in [-0.39, 0.29) is 5.91 Å². The van der Waals surface area contributed by atoms with Gasteiger partial charge in [0, 0.05) is 36.9 Å². The lowest BCUT2D eigenvalue weighted by molar-refractivity contribution is -0.131. The highest BCUT2D eigenvalue weighted by molar-refractivity contribution is 7.09. The number of aryl methyl sites for hydroxylation is 1. The monoisotopic (exact) mass is 304 g/mol. The van der Waals surface area contributed by atoms with E-state index in [1.165, 1.54) is 5.56 Å². The van der Waals surface area contributed by atoms with E-state index in [0.717, 1.165) is 37.4 Å². The van der Waals surface area contributed by atoms with Crippen LogP contribution in [-0.2, 0) is 17.8 Å². The first kappa shape index (κ1) is 14.3. The Morgan fingerprint density at radius 1 is 1.38 bits per heavy atom. The molecule has 21 heavy (non-hydrogen) atoms. The maximum Gasteiger partial charge on any atom is 0.227 e. The molecule has 2 aromatic rings. The van der Waals surface area contributed by atoms with E-state index in [0.29, 0.717) is 12.3 Å². The van der Waals surface area contributed by atoms with Crippen LogP contribution >= 0.6 is 11.3 Å². The van der Waals surface area contributed by atoms with Crippen LogP contribution in [0, 0.1) is 0 Å². The van der Waals surface area contributed by atoms with E-state index >= 15 is 0 Å². The molecule has 0 atom stereocenters. The van der Waals surface area contributed by atoms with Gasteiger partial charge < -0.3 is 4.90 Å². The Kier molecular flexibility index (Phi) is 4.34. The van der Waals surface area contributed by atoms with Crippen LogP contribution in [0.3, 0.4) is 0 Å². The van der Waals surface area contributed by atoms with Gasteiger partial charge in [-0.1, -0.05) is 0 Å². The maximum absolute atomic E-state index is 12.2. The van der Waals surface area contributed by atoms with E-state index in [4.69, 9.17) is 0 Å². The first-order valence-electron chi connectivity index (χ1n) is 7.43. The molecule has 0 aromatic carbocycles. The van der Waals surface area contributed by atoms with Gasteiger partial charge >= 0.3 is 0 Å². The van der Waals surface area contributed by atoms with Crippen molar-refractivity contribution in [2.45, 2.75) is 38.6 Å². The molecule has 0 aliphatic carbocycles. The highest BCUT2D eigenvalue weighted by Gasteiger charge is 2.24. The van der Waals surface area contributed by atoms with Gasteiger partial charge in [-0.15, -0.1) is 11.3 Å². The number of rotatable bonds is 4. The average molecular weight is 304 g/mol. The summed E-state index contributed by atoms with van der Waals surface area (Å²) < 4.78 is 1.97. The van der Waals surface area contributed by atoms with Gasteiger partial charge in [0.2, 0.25) is 5.91 Å². The van der Waals surface area contributed by atoms with Crippen molar-refractivity contribution in [3.05, 3.63) is 34.5 Å². The van der Waals surface area contributed by atoms with Crippen molar-refractivity contribution in [2.24, 2.45) is 0 Å². The number of hydrogen-bond donors (Lipinski definition) is 0. The molecule has 0 N–H and O–H groups in total. The smallest absolute Gasteiger partial charge is 0.227 e. The molecular formula is C15H20N4OS. The second-order valence-corrected chi connectivity index (χ2v) is 6.40. The van der Waals surface area contributed by atoms with E-state index in [9.17, 15) is 4.79 Å². The molecular weight excluding hydrogens is 284 g/mol. The Hall–Kier alpha value is -1.69. The molecule has 1 aliphatic rings. The molecule has 3 rings (SSSR count). The van der Waals surface area contributed by atoms with Crippen LogP contribution in [0.2, 0.25) is 0 Å². The Bertz CT molecular complexity index is 585. The van der Waals surface area contributed by atoms with Crippen molar-refractivity contribution in [2.75, 3.05) is 13.1 Å².